The molecule has 1 fully saturated rings. The van der Waals surface area contributed by atoms with Crippen molar-refractivity contribution in [3.8, 4) is 0 Å². The Balaban J connectivity index is 1.58. The smallest absolute Gasteiger partial charge is 0.351 e. The highest BCUT2D eigenvalue weighted by Crippen LogP contribution is 2.34. The van der Waals surface area contributed by atoms with Gasteiger partial charge in [0.05, 0.1) is 15.6 Å². The van der Waals surface area contributed by atoms with E-state index >= 15 is 4.39 Å². The largest absolute Gasteiger partial charge is 0.459 e. The van der Waals surface area contributed by atoms with Crippen LogP contribution >= 0.6 is 15.9 Å². The fraction of sp³-hybridized carbons (Fsp3) is 0.217. The number of rotatable bonds is 6. The number of nitrogens with two attached hydrogens (primary N) is 1. The molecule has 1 aliphatic heterocycles. The monoisotopic (exact) mass is 531 g/mol. The van der Waals surface area contributed by atoms with Crippen LogP contribution in [0.2, 0.25) is 0 Å². The van der Waals surface area contributed by atoms with E-state index in [9.17, 15) is 14.4 Å². The maximum atomic E-state index is 15.5. The second kappa shape index (κ2) is 10.1. The molecular weight excluding hydrogens is 513 g/mol. The number of aromatic nitrogens is 2. The van der Waals surface area contributed by atoms with Crippen LogP contribution in [0.4, 0.5) is 10.2 Å². The van der Waals surface area contributed by atoms with Gasteiger partial charge in [-0.15, -0.1) is 0 Å². The molecular formula is C23H19BrFN3O6. The van der Waals surface area contributed by atoms with Crippen LogP contribution in [-0.4, -0.2) is 46.5 Å². The number of nitrogens with zero attached hydrogens (tertiary/aromatic N) is 2. The van der Waals surface area contributed by atoms with Gasteiger partial charge in [0.1, 0.15) is 18.5 Å². The van der Waals surface area contributed by atoms with Crippen LogP contribution in [0.3, 0.4) is 0 Å². The number of hydrogen-bond acceptors (Lipinski definition) is 8. The second-order valence-electron chi connectivity index (χ2n) is 7.37. The van der Waals surface area contributed by atoms with Crippen molar-refractivity contribution >= 4 is 33.7 Å². The number of carbonyl (C=O) groups is 2. The number of nitrogen functional groups attached to an aromatic ring is 1. The lowest BCUT2D eigenvalue weighted by molar-refractivity contribution is -0.0592. The van der Waals surface area contributed by atoms with Crippen molar-refractivity contribution in [2.45, 2.75) is 24.6 Å². The van der Waals surface area contributed by atoms with E-state index in [1.54, 1.807) is 48.5 Å². The SMILES string of the molecule is Nc1nc(=O)n([C@H]2O[C@@H](COC(=O)c3ccccc3)[C@H](OC(=O)c3ccccc3)[C@H]2F)cc1Br. The van der Waals surface area contributed by atoms with Crippen molar-refractivity contribution in [1.29, 1.82) is 0 Å². The van der Waals surface area contributed by atoms with Gasteiger partial charge in [-0.1, -0.05) is 36.4 Å². The minimum absolute atomic E-state index is 0.0740. The van der Waals surface area contributed by atoms with Gasteiger partial charge in [0.25, 0.3) is 0 Å². The van der Waals surface area contributed by atoms with Gasteiger partial charge in [0.15, 0.2) is 18.5 Å². The molecule has 0 amide bonds. The molecule has 0 bridgehead atoms. The molecule has 0 radical (unpaired) electrons. The van der Waals surface area contributed by atoms with E-state index in [4.69, 9.17) is 19.9 Å². The van der Waals surface area contributed by atoms with Gasteiger partial charge in [-0.3, -0.25) is 4.57 Å². The third-order valence-electron chi connectivity index (χ3n) is 5.12. The number of halogens is 2. The van der Waals surface area contributed by atoms with Gasteiger partial charge >= 0.3 is 17.6 Å². The molecule has 1 saturated heterocycles. The predicted octanol–water partition coefficient (Wildman–Crippen LogP) is 2.91. The highest BCUT2D eigenvalue weighted by atomic mass is 79.9. The van der Waals surface area contributed by atoms with E-state index in [-0.39, 0.29) is 21.4 Å². The molecule has 0 saturated carbocycles. The van der Waals surface area contributed by atoms with Gasteiger partial charge in [0.2, 0.25) is 0 Å². The lowest BCUT2D eigenvalue weighted by atomic mass is 10.1. The number of anilines is 1. The van der Waals surface area contributed by atoms with Crippen molar-refractivity contribution in [3.63, 3.8) is 0 Å². The van der Waals surface area contributed by atoms with Crippen molar-refractivity contribution in [2.24, 2.45) is 0 Å². The summed E-state index contributed by atoms with van der Waals surface area (Å²) in [7, 11) is 0. The lowest BCUT2D eigenvalue weighted by Crippen LogP contribution is -2.37. The predicted molar refractivity (Wildman–Crippen MR) is 122 cm³/mol. The zero-order chi connectivity index (χ0) is 24.2. The Morgan fingerprint density at radius 2 is 1.65 bits per heavy atom. The van der Waals surface area contributed by atoms with E-state index in [2.05, 4.69) is 20.9 Å². The molecule has 1 aliphatic rings. The summed E-state index contributed by atoms with van der Waals surface area (Å²) in [5.41, 5.74) is 5.24. The molecule has 2 N–H and O–H groups in total. The summed E-state index contributed by atoms with van der Waals surface area (Å²) >= 11 is 3.14. The van der Waals surface area contributed by atoms with Gasteiger partial charge in [-0.2, -0.15) is 4.98 Å². The van der Waals surface area contributed by atoms with Crippen molar-refractivity contribution in [1.82, 2.24) is 9.55 Å². The fourth-order valence-corrected chi connectivity index (χ4v) is 3.72. The number of alkyl halides is 1. The molecule has 4 atom stereocenters. The Morgan fingerprint density at radius 1 is 1.06 bits per heavy atom. The first-order chi connectivity index (χ1) is 16.3. The maximum absolute atomic E-state index is 15.5. The maximum Gasteiger partial charge on any atom is 0.351 e. The fourth-order valence-electron chi connectivity index (χ4n) is 3.41. The summed E-state index contributed by atoms with van der Waals surface area (Å²) in [5, 5.41) is 0. The van der Waals surface area contributed by atoms with Crippen molar-refractivity contribution in [3.05, 3.63) is 92.9 Å². The van der Waals surface area contributed by atoms with Crippen LogP contribution in [0.15, 0.2) is 76.1 Å². The summed E-state index contributed by atoms with van der Waals surface area (Å²) in [4.78, 5) is 40.9. The molecule has 0 spiro atoms. The first kappa shape index (κ1) is 23.6. The van der Waals surface area contributed by atoms with Gasteiger partial charge in [-0.25, -0.2) is 18.8 Å². The molecule has 9 nitrogen and oxygen atoms in total. The molecule has 4 rings (SSSR count). The third kappa shape index (κ3) is 5.00. The van der Waals surface area contributed by atoms with Crippen LogP contribution in [0.25, 0.3) is 0 Å². The molecule has 176 valence electrons. The molecule has 11 heteroatoms. The molecule has 2 heterocycles. The summed E-state index contributed by atoms with van der Waals surface area (Å²) < 4.78 is 33.1. The van der Waals surface area contributed by atoms with E-state index in [0.717, 1.165) is 4.57 Å². The van der Waals surface area contributed by atoms with Gasteiger partial charge in [-0.05, 0) is 40.2 Å². The topological polar surface area (TPSA) is 123 Å². The lowest BCUT2D eigenvalue weighted by Gasteiger charge is -2.19. The normalized spacial score (nSPS) is 21.7. The molecule has 3 aromatic rings. The molecule has 34 heavy (non-hydrogen) atoms. The number of esters is 2. The summed E-state index contributed by atoms with van der Waals surface area (Å²) in [5.74, 6) is -1.53. The van der Waals surface area contributed by atoms with E-state index in [1.807, 2.05) is 0 Å². The van der Waals surface area contributed by atoms with Crippen LogP contribution in [-0.2, 0) is 14.2 Å². The Kier molecular flexibility index (Phi) is 7.03. The average Bonchev–Trinajstić information content (AvgIpc) is 3.15. The first-order valence-electron chi connectivity index (χ1n) is 10.2. The van der Waals surface area contributed by atoms with E-state index in [1.165, 1.54) is 18.3 Å². The van der Waals surface area contributed by atoms with Crippen LogP contribution in [0, 0.1) is 0 Å². The molecule has 1 aromatic heterocycles. The number of benzene rings is 2. The minimum atomic E-state index is -1.97. The summed E-state index contributed by atoms with van der Waals surface area (Å²) in [6.07, 6.45) is -4.89. The zero-order valence-electron chi connectivity index (χ0n) is 17.5. The Labute approximate surface area is 201 Å². The van der Waals surface area contributed by atoms with Crippen molar-refractivity contribution < 1.29 is 28.2 Å². The Bertz CT molecular complexity index is 1240. The average molecular weight is 532 g/mol. The van der Waals surface area contributed by atoms with Crippen molar-refractivity contribution in [2.75, 3.05) is 12.3 Å². The van der Waals surface area contributed by atoms with Gasteiger partial charge in [0, 0.05) is 6.20 Å². The molecule has 2 aromatic carbocycles. The third-order valence-corrected chi connectivity index (χ3v) is 5.73. The van der Waals surface area contributed by atoms with Gasteiger partial charge < -0.3 is 19.9 Å². The number of ether oxygens (including phenoxy) is 3. The quantitative estimate of drug-likeness (QED) is 0.481. The molecule has 0 aliphatic carbocycles. The van der Waals surface area contributed by atoms with Crippen LogP contribution in [0.5, 0.6) is 0 Å². The van der Waals surface area contributed by atoms with E-state index < -0.39 is 48.8 Å². The summed E-state index contributed by atoms with van der Waals surface area (Å²) in [6, 6.07) is 16.2. The Morgan fingerprint density at radius 3 is 2.26 bits per heavy atom. The first-order valence-corrected chi connectivity index (χ1v) is 11.0. The standard InChI is InChI=1S/C23H19BrFN3O6/c24-15-11-28(23(31)27-19(15)26)20-17(25)18(34-22(30)14-9-5-2-6-10-14)16(33-20)12-32-21(29)13-7-3-1-4-8-13/h1-11,16-18,20H,12H2,(H2,26,27,31)/t16-,17+,18-,20-/m0/s1. The zero-order valence-corrected chi connectivity index (χ0v) is 19.1. The molecule has 0 unspecified atom stereocenters. The number of hydrogen-bond donors (Lipinski definition) is 1. The highest BCUT2D eigenvalue weighted by Gasteiger charge is 2.49. The summed E-state index contributed by atoms with van der Waals surface area (Å²) in [6.45, 7) is -0.421. The Hall–Kier alpha value is -3.57. The van der Waals surface area contributed by atoms with Crippen LogP contribution < -0.4 is 11.4 Å². The minimum Gasteiger partial charge on any atom is -0.459 e. The second-order valence-corrected chi connectivity index (χ2v) is 8.23. The van der Waals surface area contributed by atoms with Crippen LogP contribution in [0.1, 0.15) is 26.9 Å². The number of carbonyl (C=O) groups excluding carboxylic acids is 2. The van der Waals surface area contributed by atoms with E-state index in [0.29, 0.717) is 0 Å². The highest BCUT2D eigenvalue weighted by molar-refractivity contribution is 9.10.